The summed E-state index contributed by atoms with van der Waals surface area (Å²) in [6.07, 6.45) is 3.41. The third kappa shape index (κ3) is 16.2. The highest BCUT2D eigenvalue weighted by Crippen LogP contribution is 2.44. The first-order valence-electron chi connectivity index (χ1n) is 17.2. The van der Waals surface area contributed by atoms with Gasteiger partial charge < -0.3 is 20.0 Å². The predicted octanol–water partition coefficient (Wildman–Crippen LogP) is 6.44. The topological polar surface area (TPSA) is 114 Å². The van der Waals surface area contributed by atoms with Crippen molar-refractivity contribution in [2.24, 2.45) is 5.41 Å². The summed E-state index contributed by atoms with van der Waals surface area (Å²) in [5.41, 5.74) is -0.534. The molecule has 0 aliphatic carbocycles. The Hall–Kier alpha value is -2.76. The van der Waals surface area contributed by atoms with E-state index in [0.717, 1.165) is 12.1 Å². The SMILES string of the molecule is [C-]#[N+]C(C)(C)CC(C)(CC(C)(SC(=S)c1ccccc1)C(=O)NCCC[N+](C)(C)CCCS(C)(=O)=O)C(=O)NCCCSC(=O)c1ccccc1. The third-order valence-electron chi connectivity index (χ3n) is 8.56. The third-order valence-corrected chi connectivity index (χ3v) is 12.3. The number of benzene rings is 2. The van der Waals surface area contributed by atoms with Crippen LogP contribution < -0.4 is 10.6 Å². The summed E-state index contributed by atoms with van der Waals surface area (Å²) in [5.74, 6) is 0.180. The lowest BCUT2D eigenvalue weighted by atomic mass is 9.72. The molecular weight excluding hydrogens is 721 g/mol. The minimum absolute atomic E-state index is 0.0202. The van der Waals surface area contributed by atoms with Crippen molar-refractivity contribution < 1.29 is 27.3 Å². The van der Waals surface area contributed by atoms with E-state index in [1.165, 1.54) is 29.8 Å². The molecule has 9 nitrogen and oxygen atoms in total. The molecule has 13 heteroatoms. The second-order valence-corrected chi connectivity index (χ2v) is 20.4. The Bertz CT molecular complexity index is 1630. The van der Waals surface area contributed by atoms with Gasteiger partial charge in [0.15, 0.2) is 0 Å². The molecule has 51 heavy (non-hydrogen) atoms. The monoisotopic (exact) mass is 775 g/mol. The molecular formula is C38H55N4O5S4+. The summed E-state index contributed by atoms with van der Waals surface area (Å²) < 4.78 is 23.2. The molecule has 280 valence electrons. The van der Waals surface area contributed by atoms with Crippen molar-refractivity contribution >= 4 is 66.7 Å². The number of carbonyl (C=O) groups excluding carboxylic acids is 3. The molecule has 2 atom stereocenters. The molecule has 0 saturated carbocycles. The predicted molar refractivity (Wildman–Crippen MR) is 217 cm³/mol. The van der Waals surface area contributed by atoms with Crippen LogP contribution in [0.15, 0.2) is 60.7 Å². The van der Waals surface area contributed by atoms with Crippen LogP contribution in [0.25, 0.3) is 4.85 Å². The lowest BCUT2D eigenvalue weighted by Gasteiger charge is -2.38. The molecule has 0 aliphatic heterocycles. The number of thiocarbonyl (C=S) groups is 1. The molecule has 2 aromatic rings. The number of carbonyl (C=O) groups is 3. The highest BCUT2D eigenvalue weighted by Gasteiger charge is 2.49. The molecule has 2 unspecified atom stereocenters. The van der Waals surface area contributed by atoms with Gasteiger partial charge in [0.1, 0.15) is 9.84 Å². The second-order valence-electron chi connectivity index (χ2n) is 14.9. The fourth-order valence-electron chi connectivity index (χ4n) is 6.03. The zero-order valence-electron chi connectivity index (χ0n) is 31.1. The molecule has 0 saturated heterocycles. The summed E-state index contributed by atoms with van der Waals surface area (Å²) >= 11 is 8.31. The average Bonchev–Trinajstić information content (AvgIpc) is 3.05. The van der Waals surface area contributed by atoms with E-state index in [9.17, 15) is 22.8 Å². The minimum Gasteiger partial charge on any atom is -0.356 e. The molecule has 2 rings (SSSR count). The molecule has 0 bridgehead atoms. The Kier molecular flexibility index (Phi) is 17.3. The number of thioether (sulfide) groups is 2. The van der Waals surface area contributed by atoms with Gasteiger partial charge in [0.25, 0.3) is 0 Å². The van der Waals surface area contributed by atoms with Gasteiger partial charge in [-0.3, -0.25) is 14.4 Å². The van der Waals surface area contributed by atoms with Crippen molar-refractivity contribution in [3.05, 3.63) is 83.2 Å². The van der Waals surface area contributed by atoms with Crippen LogP contribution in [-0.4, -0.2) is 102 Å². The molecule has 2 amide bonds. The van der Waals surface area contributed by atoms with E-state index in [2.05, 4.69) is 15.5 Å². The van der Waals surface area contributed by atoms with Gasteiger partial charge in [-0.25, -0.2) is 15.0 Å². The van der Waals surface area contributed by atoms with Crippen LogP contribution >= 0.6 is 35.7 Å². The molecule has 2 N–H and O–H groups in total. The maximum atomic E-state index is 14.2. The second kappa shape index (κ2) is 19.9. The van der Waals surface area contributed by atoms with Crippen molar-refractivity contribution in [3.8, 4) is 0 Å². The number of hydrogen-bond donors (Lipinski definition) is 2. The number of amides is 2. The van der Waals surface area contributed by atoms with Crippen molar-refractivity contribution in [2.75, 3.05) is 58.0 Å². The molecule has 0 heterocycles. The van der Waals surface area contributed by atoms with Crippen LogP contribution in [0.3, 0.4) is 0 Å². The number of quaternary nitrogens is 1. The van der Waals surface area contributed by atoms with Crippen LogP contribution in [0.5, 0.6) is 0 Å². The number of nitrogens with one attached hydrogen (secondary N) is 2. The van der Waals surface area contributed by atoms with Gasteiger partial charge in [-0.1, -0.05) is 103 Å². The van der Waals surface area contributed by atoms with E-state index < -0.39 is 25.5 Å². The number of rotatable bonds is 21. The lowest BCUT2D eigenvalue weighted by Crippen LogP contribution is -2.52. The van der Waals surface area contributed by atoms with Gasteiger partial charge in [-0.2, -0.15) is 0 Å². The Labute approximate surface area is 319 Å². The highest BCUT2D eigenvalue weighted by atomic mass is 32.2. The highest BCUT2D eigenvalue weighted by molar-refractivity contribution is 8.25. The fraction of sp³-hybridized carbons (Fsp3) is 0.553. The quantitative estimate of drug-likeness (QED) is 0.0646. The van der Waals surface area contributed by atoms with E-state index >= 15 is 0 Å². The van der Waals surface area contributed by atoms with Gasteiger partial charge in [0, 0.05) is 63.8 Å². The average molecular weight is 776 g/mol. The zero-order valence-corrected chi connectivity index (χ0v) is 34.4. The van der Waals surface area contributed by atoms with E-state index in [1.54, 1.807) is 26.0 Å². The van der Waals surface area contributed by atoms with Crippen LogP contribution in [0, 0.1) is 12.0 Å². The maximum absolute atomic E-state index is 14.2. The first-order chi connectivity index (χ1) is 23.7. The zero-order chi connectivity index (χ0) is 38.3. The van der Waals surface area contributed by atoms with Crippen molar-refractivity contribution in [3.63, 3.8) is 0 Å². The molecule has 0 spiro atoms. The van der Waals surface area contributed by atoms with Gasteiger partial charge in [0.05, 0.1) is 47.3 Å². The van der Waals surface area contributed by atoms with E-state index in [1.807, 2.05) is 76.5 Å². The Morgan fingerprint density at radius 3 is 1.92 bits per heavy atom. The largest absolute Gasteiger partial charge is 0.356 e. The van der Waals surface area contributed by atoms with Crippen LogP contribution in [-0.2, 0) is 19.4 Å². The summed E-state index contributed by atoms with van der Waals surface area (Å²) in [6.45, 7) is 17.2. The summed E-state index contributed by atoms with van der Waals surface area (Å²) in [6, 6.07) is 18.5. The van der Waals surface area contributed by atoms with Gasteiger partial charge in [0.2, 0.25) is 22.5 Å². The minimum atomic E-state index is -3.02. The maximum Gasteiger partial charge on any atom is 0.236 e. The standard InChI is InChI=1S/C38H54N4O5S4/c1-36(2,39-5)28-37(3,34(44)40-23-16-26-49-32(43)30-18-11-9-12-19-30)29-38(4,50-33(48)31-20-13-10-14-21-31)35(45)41-22-15-24-42(6,7)25-17-27-51(8,46)47/h9-14,18-21H,15-17,22-29H2,1-4,6-8H3,(H-,40,41,44,45)/p+1. The summed E-state index contributed by atoms with van der Waals surface area (Å²) in [5, 5.41) is 6.13. The van der Waals surface area contributed by atoms with Gasteiger partial charge in [-0.05, 0) is 25.3 Å². The Morgan fingerprint density at radius 1 is 0.824 bits per heavy atom. The number of hydrogen-bond acceptors (Lipinski definition) is 8. The van der Waals surface area contributed by atoms with E-state index in [4.69, 9.17) is 18.8 Å². The van der Waals surface area contributed by atoms with Gasteiger partial charge >= 0.3 is 0 Å². The molecule has 0 aliphatic rings. The molecule has 0 aromatic heterocycles. The Balaban J connectivity index is 2.21. The van der Waals surface area contributed by atoms with Gasteiger partial charge in [-0.15, -0.1) is 0 Å². The van der Waals surface area contributed by atoms with E-state index in [0.29, 0.717) is 58.9 Å². The molecule has 0 fully saturated rings. The lowest BCUT2D eigenvalue weighted by molar-refractivity contribution is -0.890. The fourth-order valence-corrected chi connectivity index (χ4v) is 9.37. The van der Waals surface area contributed by atoms with Crippen LogP contribution in [0.2, 0.25) is 0 Å². The van der Waals surface area contributed by atoms with Crippen LogP contribution in [0.4, 0.5) is 0 Å². The van der Waals surface area contributed by atoms with Crippen LogP contribution in [0.1, 0.15) is 75.7 Å². The summed E-state index contributed by atoms with van der Waals surface area (Å²) in [4.78, 5) is 44.5. The number of nitrogens with zero attached hydrogens (tertiary/aromatic N) is 2. The smallest absolute Gasteiger partial charge is 0.236 e. The first kappa shape index (κ1) is 44.4. The van der Waals surface area contributed by atoms with Crippen molar-refractivity contribution in [1.82, 2.24) is 10.6 Å². The molecule has 2 aromatic carbocycles. The summed E-state index contributed by atoms with van der Waals surface area (Å²) in [7, 11) is 1.07. The normalized spacial score (nSPS) is 14.4. The van der Waals surface area contributed by atoms with Crippen molar-refractivity contribution in [2.45, 2.75) is 70.1 Å². The van der Waals surface area contributed by atoms with E-state index in [-0.39, 0.29) is 35.5 Å². The first-order valence-corrected chi connectivity index (χ1v) is 21.4. The van der Waals surface area contributed by atoms with Crippen molar-refractivity contribution in [1.29, 1.82) is 0 Å². The number of sulfone groups is 1. The Morgan fingerprint density at radius 2 is 1.35 bits per heavy atom. The molecule has 0 radical (unpaired) electrons.